The van der Waals surface area contributed by atoms with E-state index in [1.54, 1.807) is 37.6 Å². The van der Waals surface area contributed by atoms with Gasteiger partial charge in [0.25, 0.3) is 16.7 Å². The molecule has 3 aliphatic rings. The SMILES string of the molecule is CN(C)c1c(Cl)cnc2sc3c(=O)n(C4CCCCC4)cnc3c12.CN(C)c1ccnc2sc3c(=O)n(C4CCCCC4)cnc3c12.CNc1c(Cl)cnc2sc3c(=O)n(C4CCCCC4)cnc3c12. The fourth-order valence-electron chi connectivity index (χ4n) is 10.6. The molecule has 3 saturated carbocycles. The molecule has 0 atom stereocenters. The molecule has 0 spiro atoms. The van der Waals surface area contributed by atoms with Crippen molar-refractivity contribution in [2.75, 3.05) is 50.4 Å². The first kappa shape index (κ1) is 48.4. The van der Waals surface area contributed by atoms with E-state index in [0.29, 0.717) is 36.5 Å². The van der Waals surface area contributed by atoms with Crippen LogP contribution in [0.5, 0.6) is 0 Å². The number of hydrogen-bond donors (Lipinski definition) is 1. The highest BCUT2D eigenvalue weighted by Crippen LogP contribution is 2.41. The minimum atomic E-state index is 0.0445. The number of nitrogens with zero attached hydrogens (tertiary/aromatic N) is 11. The Morgan fingerprint density at radius 2 is 0.929 bits per heavy atom. The summed E-state index contributed by atoms with van der Waals surface area (Å²) in [5.74, 6) is 0. The maximum Gasteiger partial charge on any atom is 0.271 e. The van der Waals surface area contributed by atoms with Gasteiger partial charge in [-0.3, -0.25) is 28.1 Å². The first-order chi connectivity index (χ1) is 33.9. The third kappa shape index (κ3) is 8.92. The molecule has 0 aliphatic heterocycles. The van der Waals surface area contributed by atoms with Gasteiger partial charge in [0.2, 0.25) is 0 Å². The predicted octanol–water partition coefficient (Wildman–Crippen LogP) is 12.0. The van der Waals surface area contributed by atoms with Crippen LogP contribution < -0.4 is 31.8 Å². The molecule has 15 nitrogen and oxygen atoms in total. The van der Waals surface area contributed by atoms with Gasteiger partial charge in [0, 0.05) is 72.0 Å². The second kappa shape index (κ2) is 20.5. The lowest BCUT2D eigenvalue weighted by atomic mass is 9.95. The minimum Gasteiger partial charge on any atom is -0.386 e. The average Bonchev–Trinajstić information content (AvgIpc) is 4.08. The largest absolute Gasteiger partial charge is 0.386 e. The molecule has 20 heteroatoms. The number of fused-ring (bicyclic) bond motifs is 9. The van der Waals surface area contributed by atoms with Crippen molar-refractivity contribution in [3.8, 4) is 0 Å². The Morgan fingerprint density at radius 1 is 0.529 bits per heavy atom. The minimum absolute atomic E-state index is 0.0445. The molecule has 366 valence electrons. The van der Waals surface area contributed by atoms with Gasteiger partial charge in [-0.25, -0.2) is 29.9 Å². The molecule has 0 aromatic carbocycles. The zero-order chi connectivity index (χ0) is 48.8. The summed E-state index contributed by atoms with van der Waals surface area (Å²) in [6.45, 7) is 0. The van der Waals surface area contributed by atoms with Gasteiger partial charge in [0.05, 0.1) is 67.8 Å². The van der Waals surface area contributed by atoms with Crippen molar-refractivity contribution in [1.82, 2.24) is 43.6 Å². The zero-order valence-electron chi connectivity index (χ0n) is 40.0. The maximum atomic E-state index is 13.0. The van der Waals surface area contributed by atoms with E-state index in [1.807, 2.05) is 64.8 Å². The number of halogens is 2. The van der Waals surface area contributed by atoms with Gasteiger partial charge >= 0.3 is 0 Å². The number of pyridine rings is 3. The van der Waals surface area contributed by atoms with Crippen molar-refractivity contribution in [1.29, 1.82) is 0 Å². The molecule has 0 unspecified atom stereocenters. The van der Waals surface area contributed by atoms with Gasteiger partial charge in [-0.15, -0.1) is 34.0 Å². The van der Waals surface area contributed by atoms with Crippen molar-refractivity contribution < 1.29 is 0 Å². The Labute approximate surface area is 426 Å². The number of thiophene rings is 3. The average molecular weight is 1040 g/mol. The summed E-state index contributed by atoms with van der Waals surface area (Å²) in [6, 6.07) is 2.83. The molecule has 0 saturated heterocycles. The van der Waals surface area contributed by atoms with Crippen LogP contribution in [0.4, 0.5) is 17.1 Å². The van der Waals surface area contributed by atoms with Crippen LogP contribution in [-0.4, -0.2) is 78.8 Å². The Bertz CT molecular complexity index is 3580. The third-order valence-electron chi connectivity index (χ3n) is 14.1. The molecule has 12 rings (SSSR count). The highest BCUT2D eigenvalue weighted by atomic mass is 35.5. The summed E-state index contributed by atoms with van der Waals surface area (Å²) >= 11 is 16.8. The van der Waals surface area contributed by atoms with Crippen molar-refractivity contribution in [2.45, 2.75) is 114 Å². The van der Waals surface area contributed by atoms with E-state index in [0.717, 1.165) is 96.5 Å². The topological polar surface area (TPSA) is 162 Å². The Kier molecular flexibility index (Phi) is 14.1. The van der Waals surface area contributed by atoms with Crippen molar-refractivity contribution in [3.63, 3.8) is 0 Å². The van der Waals surface area contributed by atoms with Gasteiger partial charge in [0.15, 0.2) is 0 Å². The third-order valence-corrected chi connectivity index (χ3v) is 17.9. The van der Waals surface area contributed by atoms with Crippen LogP contribution in [0.1, 0.15) is 114 Å². The Morgan fingerprint density at radius 3 is 1.36 bits per heavy atom. The first-order valence-electron chi connectivity index (χ1n) is 24.2. The van der Waals surface area contributed by atoms with Crippen LogP contribution in [0.2, 0.25) is 10.0 Å². The second-order valence-electron chi connectivity index (χ2n) is 18.9. The number of nitrogens with one attached hydrogen (secondary N) is 1. The molecule has 1 N–H and O–H groups in total. The van der Waals surface area contributed by atoms with Gasteiger partial charge < -0.3 is 15.1 Å². The van der Waals surface area contributed by atoms with Crippen molar-refractivity contribution in [3.05, 3.63) is 84.7 Å². The maximum absolute atomic E-state index is 13.0. The smallest absolute Gasteiger partial charge is 0.271 e. The van der Waals surface area contributed by atoms with E-state index >= 15 is 0 Å². The van der Waals surface area contributed by atoms with Crippen LogP contribution in [0, 0.1) is 0 Å². The van der Waals surface area contributed by atoms with Crippen LogP contribution in [0.25, 0.3) is 61.3 Å². The molecule has 70 heavy (non-hydrogen) atoms. The summed E-state index contributed by atoms with van der Waals surface area (Å²) in [5, 5.41) is 6.92. The molecule has 3 aliphatic carbocycles. The van der Waals surface area contributed by atoms with E-state index in [9.17, 15) is 14.4 Å². The number of rotatable bonds is 6. The molecule has 9 aromatic heterocycles. The molecular formula is C50H56Cl2N12O3S3. The Hall–Kier alpha value is -5.27. The van der Waals surface area contributed by atoms with E-state index < -0.39 is 0 Å². The summed E-state index contributed by atoms with van der Waals surface area (Å²) in [7, 11) is 9.69. The van der Waals surface area contributed by atoms with Gasteiger partial charge in [-0.2, -0.15) is 0 Å². The second-order valence-corrected chi connectivity index (χ2v) is 22.7. The van der Waals surface area contributed by atoms with Crippen LogP contribution in [0.15, 0.2) is 58.0 Å². The molecule has 0 amide bonds. The summed E-state index contributed by atoms with van der Waals surface area (Å²) in [6.07, 6.45) is 27.6. The van der Waals surface area contributed by atoms with E-state index in [-0.39, 0.29) is 28.8 Å². The van der Waals surface area contributed by atoms with E-state index in [2.05, 4.69) is 35.2 Å². The first-order valence-corrected chi connectivity index (χ1v) is 27.4. The van der Waals surface area contributed by atoms with Crippen LogP contribution in [0.3, 0.4) is 0 Å². The molecule has 9 heterocycles. The summed E-state index contributed by atoms with van der Waals surface area (Å²) in [4.78, 5) is 72.5. The van der Waals surface area contributed by atoms with Crippen molar-refractivity contribution in [2.24, 2.45) is 0 Å². The Balaban J connectivity index is 0.000000122. The lowest BCUT2D eigenvalue weighted by Crippen LogP contribution is -2.26. The predicted molar refractivity (Wildman–Crippen MR) is 292 cm³/mol. The van der Waals surface area contributed by atoms with Gasteiger partial charge in [0.1, 0.15) is 39.6 Å². The quantitative estimate of drug-likeness (QED) is 0.168. The van der Waals surface area contributed by atoms with Crippen LogP contribution >= 0.6 is 57.2 Å². The highest BCUT2D eigenvalue weighted by Gasteiger charge is 2.25. The van der Waals surface area contributed by atoms with E-state index in [1.165, 1.54) is 91.8 Å². The lowest BCUT2D eigenvalue weighted by molar-refractivity contribution is 0.345. The molecule has 9 aromatic rings. The molecule has 3 fully saturated rings. The standard InChI is InChI=1S/C17H19ClN4OS.C17H20N4OS.C16H17ClN4OS/c1-21(2)14-11(18)8-19-16-12(14)13-15(24-16)17(23)22(9-20-13)10-6-4-3-5-7-10;1-20(2)12-8-9-18-16-13(12)14-15(23-16)17(22)21(10-19-14)11-6-4-3-5-7-11;1-18-12-10(17)7-19-15-11(12)13-14(23-15)16(22)21(8-20-13)9-5-3-2-4-6-9/h8-10H,3-7H2,1-2H3;8-11H,3-7H2,1-2H3;7-9H,2-6H2,1H3,(H,18,19). The number of hydrogen-bond acceptors (Lipinski definition) is 15. The highest BCUT2D eigenvalue weighted by molar-refractivity contribution is 7.26. The fraction of sp³-hybridized carbons (Fsp3) is 0.460. The summed E-state index contributed by atoms with van der Waals surface area (Å²) < 4.78 is 7.57. The molecule has 0 bridgehead atoms. The van der Waals surface area contributed by atoms with Crippen LogP contribution in [-0.2, 0) is 0 Å². The molecular weight excluding hydrogens is 984 g/mol. The molecule has 0 radical (unpaired) electrons. The number of aromatic nitrogens is 9. The fourth-order valence-corrected chi connectivity index (χ4v) is 14.3. The monoisotopic (exact) mass is 1040 g/mol. The number of anilines is 3. The van der Waals surface area contributed by atoms with E-state index in [4.69, 9.17) is 23.2 Å². The normalized spacial score (nSPS) is 16.2. The van der Waals surface area contributed by atoms with Gasteiger partial charge in [-0.05, 0) is 44.6 Å². The van der Waals surface area contributed by atoms with Gasteiger partial charge in [-0.1, -0.05) is 81.0 Å². The summed E-state index contributed by atoms with van der Waals surface area (Å²) in [5.41, 5.74) is 5.10. The zero-order valence-corrected chi connectivity index (χ0v) is 44.0. The lowest BCUT2D eigenvalue weighted by Gasteiger charge is -2.23. The van der Waals surface area contributed by atoms with Crippen molar-refractivity contribution >= 4 is 136 Å².